The second kappa shape index (κ2) is 6.00. The average molecular weight is 239 g/mol. The van der Waals surface area contributed by atoms with Crippen LogP contribution < -0.4 is 5.32 Å². The van der Waals surface area contributed by atoms with E-state index < -0.39 is 0 Å². The van der Waals surface area contributed by atoms with E-state index in [1.165, 1.54) is 12.8 Å². The smallest absolute Gasteiger partial charge is 0.239 e. The number of rotatable bonds is 2. The van der Waals surface area contributed by atoms with E-state index in [9.17, 15) is 9.59 Å². The molecule has 1 N–H and O–H groups in total. The molecule has 96 valence electrons. The standard InChI is InChI=1S/C12H21N3O2/c16-10-14-6-8-15(9-7-14)12(17)11-4-2-1-3-5-13-11/h10-11,13H,1-9H2. The van der Waals surface area contributed by atoms with Crippen molar-refractivity contribution < 1.29 is 9.59 Å². The summed E-state index contributed by atoms with van der Waals surface area (Å²) >= 11 is 0. The highest BCUT2D eigenvalue weighted by atomic mass is 16.2. The first-order valence-electron chi connectivity index (χ1n) is 6.53. The molecule has 0 aromatic rings. The Labute approximate surface area is 102 Å². The molecule has 17 heavy (non-hydrogen) atoms. The fourth-order valence-corrected chi connectivity index (χ4v) is 2.51. The van der Waals surface area contributed by atoms with E-state index >= 15 is 0 Å². The summed E-state index contributed by atoms with van der Waals surface area (Å²) in [6.07, 6.45) is 5.34. The minimum atomic E-state index is 0.000260. The zero-order valence-electron chi connectivity index (χ0n) is 10.2. The van der Waals surface area contributed by atoms with Crippen molar-refractivity contribution in [1.82, 2.24) is 15.1 Å². The first-order valence-corrected chi connectivity index (χ1v) is 6.53. The summed E-state index contributed by atoms with van der Waals surface area (Å²) in [6, 6.07) is 0.000260. The van der Waals surface area contributed by atoms with Gasteiger partial charge in [-0.1, -0.05) is 12.8 Å². The lowest BCUT2D eigenvalue weighted by atomic mass is 10.1. The largest absolute Gasteiger partial charge is 0.342 e. The van der Waals surface area contributed by atoms with Gasteiger partial charge < -0.3 is 15.1 Å². The number of amides is 2. The first-order chi connectivity index (χ1) is 8.31. The van der Waals surface area contributed by atoms with Crippen LogP contribution in [0.25, 0.3) is 0 Å². The lowest BCUT2D eigenvalue weighted by molar-refractivity contribution is -0.137. The summed E-state index contributed by atoms with van der Waals surface area (Å²) in [5.74, 6) is 0.220. The molecule has 0 saturated carbocycles. The highest BCUT2D eigenvalue weighted by Crippen LogP contribution is 2.12. The van der Waals surface area contributed by atoms with Crippen LogP contribution in [0.15, 0.2) is 0 Å². The number of piperazine rings is 1. The summed E-state index contributed by atoms with van der Waals surface area (Å²) in [5, 5.41) is 3.33. The van der Waals surface area contributed by atoms with E-state index in [0.29, 0.717) is 26.2 Å². The van der Waals surface area contributed by atoms with Gasteiger partial charge in [0.25, 0.3) is 0 Å². The fourth-order valence-electron chi connectivity index (χ4n) is 2.51. The van der Waals surface area contributed by atoms with Crippen molar-refractivity contribution in [3.63, 3.8) is 0 Å². The summed E-state index contributed by atoms with van der Waals surface area (Å²) < 4.78 is 0. The maximum Gasteiger partial charge on any atom is 0.239 e. The average Bonchev–Trinajstić information content (AvgIpc) is 2.67. The molecule has 1 atom stereocenters. The Morgan fingerprint density at radius 1 is 1.12 bits per heavy atom. The fraction of sp³-hybridized carbons (Fsp3) is 0.833. The SMILES string of the molecule is O=CN1CCN(C(=O)C2CCCCCN2)CC1. The predicted octanol–water partition coefficient (Wildman–Crippen LogP) is -0.181. The molecular weight excluding hydrogens is 218 g/mol. The quantitative estimate of drug-likeness (QED) is 0.680. The van der Waals surface area contributed by atoms with Gasteiger partial charge in [0.1, 0.15) is 0 Å². The van der Waals surface area contributed by atoms with Gasteiger partial charge in [-0.15, -0.1) is 0 Å². The predicted molar refractivity (Wildman–Crippen MR) is 64.5 cm³/mol. The minimum Gasteiger partial charge on any atom is -0.342 e. The summed E-state index contributed by atoms with van der Waals surface area (Å²) in [7, 11) is 0. The van der Waals surface area contributed by atoms with E-state index in [1.807, 2.05) is 4.90 Å². The molecule has 0 aromatic heterocycles. The number of carbonyl (C=O) groups is 2. The molecule has 5 heteroatoms. The van der Waals surface area contributed by atoms with Crippen molar-refractivity contribution in [3.05, 3.63) is 0 Å². The second-order valence-electron chi connectivity index (χ2n) is 4.82. The summed E-state index contributed by atoms with van der Waals surface area (Å²) in [5.41, 5.74) is 0. The molecule has 5 nitrogen and oxygen atoms in total. The van der Waals surface area contributed by atoms with Gasteiger partial charge in [0.05, 0.1) is 6.04 Å². The van der Waals surface area contributed by atoms with Gasteiger partial charge in [0.2, 0.25) is 12.3 Å². The molecule has 2 heterocycles. The monoisotopic (exact) mass is 239 g/mol. The molecule has 0 radical (unpaired) electrons. The zero-order valence-corrected chi connectivity index (χ0v) is 10.2. The van der Waals surface area contributed by atoms with Crippen molar-refractivity contribution in [2.75, 3.05) is 32.7 Å². The lowest BCUT2D eigenvalue weighted by Crippen LogP contribution is -2.53. The van der Waals surface area contributed by atoms with E-state index in [-0.39, 0.29) is 11.9 Å². The van der Waals surface area contributed by atoms with Crippen molar-refractivity contribution in [3.8, 4) is 0 Å². The summed E-state index contributed by atoms with van der Waals surface area (Å²) in [4.78, 5) is 26.5. The van der Waals surface area contributed by atoms with Crippen molar-refractivity contribution in [2.24, 2.45) is 0 Å². The Kier molecular flexibility index (Phi) is 4.36. The van der Waals surface area contributed by atoms with Crippen LogP contribution in [0.4, 0.5) is 0 Å². The lowest BCUT2D eigenvalue weighted by Gasteiger charge is -2.34. The van der Waals surface area contributed by atoms with E-state index in [4.69, 9.17) is 0 Å². The minimum absolute atomic E-state index is 0.000260. The van der Waals surface area contributed by atoms with E-state index in [2.05, 4.69) is 5.32 Å². The van der Waals surface area contributed by atoms with Gasteiger partial charge in [-0.05, 0) is 19.4 Å². The highest BCUT2D eigenvalue weighted by Gasteiger charge is 2.27. The Morgan fingerprint density at radius 2 is 1.88 bits per heavy atom. The third kappa shape index (κ3) is 3.19. The van der Waals surface area contributed by atoms with Gasteiger partial charge in [0, 0.05) is 26.2 Å². The number of hydrogen-bond donors (Lipinski definition) is 1. The van der Waals surface area contributed by atoms with Crippen LogP contribution in [0.3, 0.4) is 0 Å². The van der Waals surface area contributed by atoms with Crippen LogP contribution in [0, 0.1) is 0 Å². The molecule has 0 spiro atoms. The van der Waals surface area contributed by atoms with Gasteiger partial charge in [-0.3, -0.25) is 9.59 Å². The topological polar surface area (TPSA) is 52.7 Å². The second-order valence-corrected chi connectivity index (χ2v) is 4.82. The Bertz CT molecular complexity index is 267. The highest BCUT2D eigenvalue weighted by molar-refractivity contribution is 5.82. The maximum atomic E-state index is 12.3. The molecule has 2 saturated heterocycles. The van der Waals surface area contributed by atoms with Crippen molar-refractivity contribution >= 4 is 12.3 Å². The molecule has 2 aliphatic heterocycles. The van der Waals surface area contributed by atoms with Gasteiger partial charge in [-0.2, -0.15) is 0 Å². The van der Waals surface area contributed by atoms with Crippen LogP contribution in [0.5, 0.6) is 0 Å². The maximum absolute atomic E-state index is 12.3. The van der Waals surface area contributed by atoms with E-state index in [0.717, 1.165) is 25.8 Å². The number of hydrogen-bond acceptors (Lipinski definition) is 3. The van der Waals surface area contributed by atoms with Crippen LogP contribution in [0.1, 0.15) is 25.7 Å². The Hall–Kier alpha value is -1.10. The van der Waals surface area contributed by atoms with Crippen molar-refractivity contribution in [2.45, 2.75) is 31.7 Å². The van der Waals surface area contributed by atoms with Crippen LogP contribution in [-0.2, 0) is 9.59 Å². The molecule has 2 fully saturated rings. The normalized spacial score (nSPS) is 26.5. The third-order valence-electron chi connectivity index (χ3n) is 3.63. The zero-order chi connectivity index (χ0) is 12.1. The summed E-state index contributed by atoms with van der Waals surface area (Å²) in [6.45, 7) is 3.64. The van der Waals surface area contributed by atoms with E-state index in [1.54, 1.807) is 4.90 Å². The molecule has 2 amide bonds. The Balaban J connectivity index is 1.84. The molecule has 2 rings (SSSR count). The molecule has 2 aliphatic rings. The van der Waals surface area contributed by atoms with Gasteiger partial charge in [-0.25, -0.2) is 0 Å². The first kappa shape index (κ1) is 12.4. The third-order valence-corrected chi connectivity index (χ3v) is 3.63. The van der Waals surface area contributed by atoms with Gasteiger partial charge >= 0.3 is 0 Å². The Morgan fingerprint density at radius 3 is 2.59 bits per heavy atom. The number of carbonyl (C=O) groups excluding carboxylic acids is 2. The van der Waals surface area contributed by atoms with Crippen LogP contribution in [0.2, 0.25) is 0 Å². The molecule has 0 bridgehead atoms. The number of nitrogens with one attached hydrogen (secondary N) is 1. The molecule has 0 aromatic carbocycles. The van der Waals surface area contributed by atoms with Crippen LogP contribution in [-0.4, -0.2) is 60.9 Å². The molecular formula is C12H21N3O2. The van der Waals surface area contributed by atoms with Gasteiger partial charge in [0.15, 0.2) is 0 Å². The number of nitrogens with zero attached hydrogens (tertiary/aromatic N) is 2. The molecule has 0 aliphatic carbocycles. The van der Waals surface area contributed by atoms with Crippen LogP contribution >= 0.6 is 0 Å². The van der Waals surface area contributed by atoms with Crippen molar-refractivity contribution in [1.29, 1.82) is 0 Å². The molecule has 1 unspecified atom stereocenters.